The first-order valence-corrected chi connectivity index (χ1v) is 4.72. The molecule has 78 valence electrons. The van der Waals surface area contributed by atoms with Crippen LogP contribution in [0.2, 0.25) is 0 Å². The van der Waals surface area contributed by atoms with Crippen LogP contribution in [0.1, 0.15) is 13.8 Å². The van der Waals surface area contributed by atoms with E-state index >= 15 is 0 Å². The molecule has 0 aliphatic carbocycles. The van der Waals surface area contributed by atoms with Crippen LogP contribution >= 0.6 is 0 Å². The molecule has 3 atom stereocenters. The minimum Gasteiger partial charge on any atom is -0.331 e. The summed E-state index contributed by atoms with van der Waals surface area (Å²) in [6.45, 7) is 4.08. The molecule has 2 rings (SSSR count). The normalized spacial score (nSPS) is 36.6. The third kappa shape index (κ3) is 1.36. The van der Waals surface area contributed by atoms with E-state index in [1.807, 2.05) is 13.8 Å². The van der Waals surface area contributed by atoms with E-state index in [-0.39, 0.29) is 24.0 Å². The molecule has 4 N–H and O–H groups in total. The van der Waals surface area contributed by atoms with Gasteiger partial charge in [-0.25, -0.2) is 10.2 Å². The second-order valence-electron chi connectivity index (χ2n) is 4.02. The zero-order valence-electron chi connectivity index (χ0n) is 8.13. The summed E-state index contributed by atoms with van der Waals surface area (Å²) < 4.78 is 0. The van der Waals surface area contributed by atoms with Crippen molar-refractivity contribution in [3.8, 4) is 0 Å². The number of urea groups is 1. The molecule has 0 radical (unpaired) electrons. The maximum absolute atomic E-state index is 11.4. The maximum Gasteiger partial charge on any atom is 0.321 e. The number of carbonyl (C=O) groups excluding carboxylic acids is 2. The van der Waals surface area contributed by atoms with Crippen molar-refractivity contribution < 1.29 is 9.59 Å². The predicted octanol–water partition coefficient (Wildman–Crippen LogP) is -1.30. The van der Waals surface area contributed by atoms with Crippen LogP contribution in [0.5, 0.6) is 0 Å². The summed E-state index contributed by atoms with van der Waals surface area (Å²) in [7, 11) is 0. The van der Waals surface area contributed by atoms with Gasteiger partial charge in [-0.2, -0.15) is 0 Å². The van der Waals surface area contributed by atoms with Gasteiger partial charge in [0.25, 0.3) is 0 Å². The Kier molecular flexibility index (Phi) is 2.16. The number of fused-ring (bicyclic) bond motifs is 1. The van der Waals surface area contributed by atoms with E-state index in [2.05, 4.69) is 21.5 Å². The van der Waals surface area contributed by atoms with Crippen molar-refractivity contribution in [1.82, 2.24) is 21.5 Å². The molecule has 0 saturated carbocycles. The molecule has 3 unspecified atom stereocenters. The van der Waals surface area contributed by atoms with Crippen LogP contribution in [-0.2, 0) is 4.79 Å². The molecule has 0 aromatic rings. The summed E-state index contributed by atoms with van der Waals surface area (Å²) in [6, 6.07) is -0.834. The van der Waals surface area contributed by atoms with E-state index in [1.165, 1.54) is 0 Å². The minimum atomic E-state index is -0.410. The Labute approximate surface area is 81.8 Å². The van der Waals surface area contributed by atoms with Crippen molar-refractivity contribution in [3.05, 3.63) is 0 Å². The first-order valence-electron chi connectivity index (χ1n) is 4.72. The van der Waals surface area contributed by atoms with Crippen LogP contribution < -0.4 is 21.5 Å². The highest BCUT2D eigenvalue weighted by Crippen LogP contribution is 2.16. The average Bonchev–Trinajstić information content (AvgIpc) is 2.47. The molecule has 14 heavy (non-hydrogen) atoms. The minimum absolute atomic E-state index is 0.0926. The second kappa shape index (κ2) is 3.21. The van der Waals surface area contributed by atoms with Gasteiger partial charge in [-0.05, 0) is 5.92 Å². The first-order chi connectivity index (χ1) is 6.59. The number of nitrogens with one attached hydrogen (secondary N) is 4. The zero-order valence-corrected chi connectivity index (χ0v) is 8.13. The molecule has 6 heteroatoms. The van der Waals surface area contributed by atoms with Gasteiger partial charge in [0.1, 0.15) is 6.04 Å². The summed E-state index contributed by atoms with van der Waals surface area (Å²) in [5, 5.41) is 4.96. The quantitative estimate of drug-likeness (QED) is 0.422. The average molecular weight is 198 g/mol. The van der Waals surface area contributed by atoms with Crippen molar-refractivity contribution in [2.24, 2.45) is 5.92 Å². The Morgan fingerprint density at radius 2 is 1.93 bits per heavy atom. The Morgan fingerprint density at radius 1 is 1.21 bits per heavy atom. The van der Waals surface area contributed by atoms with Crippen LogP contribution in [0.3, 0.4) is 0 Å². The van der Waals surface area contributed by atoms with Gasteiger partial charge in [-0.3, -0.25) is 15.5 Å². The Hall–Kier alpha value is -1.14. The van der Waals surface area contributed by atoms with Crippen LogP contribution in [0.25, 0.3) is 0 Å². The molecule has 2 fully saturated rings. The topological polar surface area (TPSA) is 82.3 Å². The van der Waals surface area contributed by atoms with E-state index in [0.717, 1.165) is 0 Å². The van der Waals surface area contributed by atoms with Crippen LogP contribution in [0.15, 0.2) is 0 Å². The Bertz CT molecular complexity index is 279. The van der Waals surface area contributed by atoms with E-state index in [0.29, 0.717) is 5.92 Å². The smallest absolute Gasteiger partial charge is 0.321 e. The molecular formula is C8H14N4O2. The standard InChI is InChI=1S/C8H14N4O2/c1-3(2)4-5-6(12-11-4)7(13)10-8(14)9-5/h3-6,11-12H,1-2H3,(H2,9,10,13,14). The fraction of sp³-hybridized carbons (Fsp3) is 0.750. The monoisotopic (exact) mass is 198 g/mol. The molecule has 0 aromatic carbocycles. The molecule has 6 nitrogen and oxygen atoms in total. The zero-order chi connectivity index (χ0) is 10.3. The summed E-state index contributed by atoms with van der Waals surface area (Å²) in [6.07, 6.45) is 0. The molecule has 0 spiro atoms. The van der Waals surface area contributed by atoms with Crippen molar-refractivity contribution in [2.75, 3.05) is 0 Å². The number of rotatable bonds is 1. The van der Waals surface area contributed by atoms with Gasteiger partial charge in [0.2, 0.25) is 5.91 Å². The summed E-state index contributed by atoms with van der Waals surface area (Å²) in [5.74, 6) is 0.0816. The Morgan fingerprint density at radius 3 is 2.57 bits per heavy atom. The van der Waals surface area contributed by atoms with Gasteiger partial charge in [-0.1, -0.05) is 13.8 Å². The van der Waals surface area contributed by atoms with Crippen molar-refractivity contribution >= 4 is 11.9 Å². The molecular weight excluding hydrogens is 184 g/mol. The SMILES string of the molecule is CC(C)C1NNC2C(=O)NC(=O)NC21. The predicted molar refractivity (Wildman–Crippen MR) is 49.1 cm³/mol. The van der Waals surface area contributed by atoms with Crippen LogP contribution in [0.4, 0.5) is 4.79 Å². The van der Waals surface area contributed by atoms with Crippen molar-refractivity contribution in [3.63, 3.8) is 0 Å². The summed E-state index contributed by atoms with van der Waals surface area (Å²) in [4.78, 5) is 22.5. The maximum atomic E-state index is 11.4. The highest BCUT2D eigenvalue weighted by molar-refractivity contribution is 6.00. The van der Waals surface area contributed by atoms with E-state index in [9.17, 15) is 9.59 Å². The van der Waals surface area contributed by atoms with Gasteiger partial charge in [-0.15, -0.1) is 0 Å². The van der Waals surface area contributed by atoms with Crippen molar-refractivity contribution in [1.29, 1.82) is 0 Å². The lowest BCUT2D eigenvalue weighted by atomic mass is 9.93. The molecule has 3 amide bonds. The molecule has 2 heterocycles. The molecule has 0 bridgehead atoms. The van der Waals surface area contributed by atoms with E-state index < -0.39 is 6.03 Å². The summed E-state index contributed by atoms with van der Waals surface area (Å²) in [5.41, 5.74) is 5.91. The lowest BCUT2D eigenvalue weighted by molar-refractivity contribution is -0.123. The summed E-state index contributed by atoms with van der Waals surface area (Å²) >= 11 is 0. The fourth-order valence-electron chi connectivity index (χ4n) is 1.93. The van der Waals surface area contributed by atoms with Gasteiger partial charge in [0, 0.05) is 6.04 Å². The fourth-order valence-corrected chi connectivity index (χ4v) is 1.93. The van der Waals surface area contributed by atoms with Crippen LogP contribution in [0, 0.1) is 5.92 Å². The van der Waals surface area contributed by atoms with E-state index in [1.54, 1.807) is 0 Å². The molecule has 2 aliphatic heterocycles. The number of hydrogen-bond acceptors (Lipinski definition) is 4. The highest BCUT2D eigenvalue weighted by Gasteiger charge is 2.45. The highest BCUT2D eigenvalue weighted by atomic mass is 16.2. The lowest BCUT2D eigenvalue weighted by Gasteiger charge is -2.29. The van der Waals surface area contributed by atoms with Gasteiger partial charge in [0.15, 0.2) is 0 Å². The molecule has 2 saturated heterocycles. The third-order valence-corrected chi connectivity index (χ3v) is 2.69. The van der Waals surface area contributed by atoms with Gasteiger partial charge < -0.3 is 5.32 Å². The van der Waals surface area contributed by atoms with Crippen LogP contribution in [-0.4, -0.2) is 30.1 Å². The lowest BCUT2D eigenvalue weighted by Crippen LogP contribution is -2.64. The van der Waals surface area contributed by atoms with Gasteiger partial charge >= 0.3 is 6.03 Å². The Balaban J connectivity index is 2.17. The first kappa shape index (κ1) is 9.42. The van der Waals surface area contributed by atoms with Gasteiger partial charge in [0.05, 0.1) is 6.04 Å². The molecule has 2 aliphatic rings. The van der Waals surface area contributed by atoms with Crippen molar-refractivity contribution in [2.45, 2.75) is 32.0 Å². The molecule has 0 aromatic heterocycles. The van der Waals surface area contributed by atoms with E-state index in [4.69, 9.17) is 0 Å². The second-order valence-corrected chi connectivity index (χ2v) is 4.02. The number of carbonyl (C=O) groups is 2. The largest absolute Gasteiger partial charge is 0.331 e. The number of hydrogen-bond donors (Lipinski definition) is 4. The number of amides is 3. The number of imide groups is 1. The number of hydrazine groups is 1. The third-order valence-electron chi connectivity index (χ3n) is 2.69.